The van der Waals surface area contributed by atoms with Gasteiger partial charge in [0.05, 0.1) is 5.56 Å². The van der Waals surface area contributed by atoms with E-state index in [4.69, 9.17) is 13.9 Å². The van der Waals surface area contributed by atoms with Crippen molar-refractivity contribution in [2.24, 2.45) is 0 Å². The molecule has 38 heavy (non-hydrogen) atoms. The molecule has 0 radical (unpaired) electrons. The van der Waals surface area contributed by atoms with Crippen LogP contribution in [0.1, 0.15) is 59.9 Å². The van der Waals surface area contributed by atoms with Crippen molar-refractivity contribution in [1.82, 2.24) is 4.90 Å². The third-order valence-electron chi connectivity index (χ3n) is 6.85. The highest BCUT2D eigenvalue weighted by molar-refractivity contribution is 7.87. The van der Waals surface area contributed by atoms with Gasteiger partial charge in [-0.25, -0.2) is 4.79 Å². The molecule has 214 valence electrons. The summed E-state index contributed by atoms with van der Waals surface area (Å²) in [5, 5.41) is -0.117. The molecule has 3 rings (SSSR count). The van der Waals surface area contributed by atoms with E-state index in [-0.39, 0.29) is 42.3 Å². The molecule has 1 aromatic carbocycles. The summed E-state index contributed by atoms with van der Waals surface area (Å²) >= 11 is 0. The number of piperidine rings is 1. The van der Waals surface area contributed by atoms with Gasteiger partial charge in [0.15, 0.2) is 5.76 Å². The minimum absolute atomic E-state index is 0.0561. The van der Waals surface area contributed by atoms with Crippen LogP contribution in [0.3, 0.4) is 0 Å². The molecule has 1 amide bonds. The number of hydrogen-bond donors (Lipinski definition) is 0. The van der Waals surface area contributed by atoms with Crippen molar-refractivity contribution in [2.75, 3.05) is 13.1 Å². The molecule has 8 nitrogen and oxygen atoms in total. The maximum absolute atomic E-state index is 13.2. The van der Waals surface area contributed by atoms with Crippen molar-refractivity contribution in [1.29, 1.82) is 0 Å². The minimum atomic E-state index is -5.93. The van der Waals surface area contributed by atoms with E-state index in [2.05, 4.69) is 25.0 Å². The number of hydrogen-bond acceptors (Lipinski definition) is 7. The molecule has 0 aliphatic carbocycles. The van der Waals surface area contributed by atoms with Gasteiger partial charge in [0.2, 0.25) is 8.32 Å². The molecule has 1 aromatic rings. The number of halogens is 3. The minimum Gasteiger partial charge on any atom is -0.543 e. The monoisotopic (exact) mass is 579 g/mol. The highest BCUT2D eigenvalue weighted by atomic mass is 32.2. The Labute approximate surface area is 223 Å². The first-order valence-electron chi connectivity index (χ1n) is 12.3. The molecule has 1 saturated heterocycles. The summed E-state index contributed by atoms with van der Waals surface area (Å²) < 4.78 is 86.1. The third-order valence-corrected chi connectivity index (χ3v) is 12.2. The molecule has 0 bridgehead atoms. The molecular weight excluding hydrogens is 543 g/mol. The fraction of sp³-hybridized carbons (Fsp3) is 0.640. The van der Waals surface area contributed by atoms with Crippen LogP contribution in [0, 0.1) is 0 Å². The van der Waals surface area contributed by atoms with E-state index in [1.807, 2.05) is 13.1 Å². The summed E-state index contributed by atoms with van der Waals surface area (Å²) in [6.07, 6.45) is 1.10. The van der Waals surface area contributed by atoms with E-state index in [9.17, 15) is 26.4 Å². The lowest BCUT2D eigenvalue weighted by Gasteiger charge is -2.43. The molecule has 1 fully saturated rings. The normalized spacial score (nSPS) is 18.3. The van der Waals surface area contributed by atoms with Crippen LogP contribution in [-0.4, -0.2) is 57.5 Å². The number of fused-ring (bicyclic) bond motifs is 1. The van der Waals surface area contributed by atoms with Crippen molar-refractivity contribution in [2.45, 2.75) is 89.2 Å². The number of likely N-dealkylation sites (tertiary alicyclic amines) is 1. The van der Waals surface area contributed by atoms with Crippen LogP contribution in [0.15, 0.2) is 24.3 Å². The maximum Gasteiger partial charge on any atom is 0.534 e. The predicted molar refractivity (Wildman–Crippen MR) is 139 cm³/mol. The molecule has 2 aliphatic heterocycles. The number of nitrogens with zero attached hydrogens (tertiary/aromatic N) is 1. The van der Waals surface area contributed by atoms with Crippen molar-refractivity contribution < 1.29 is 44.5 Å². The number of ether oxygens (including phenoxy) is 2. The van der Waals surface area contributed by atoms with Gasteiger partial charge in [-0.3, -0.25) is 0 Å². The van der Waals surface area contributed by atoms with Gasteiger partial charge in [0, 0.05) is 38.1 Å². The first-order chi connectivity index (χ1) is 17.0. The molecule has 1 spiro atoms. The Bertz CT molecular complexity index is 1210. The van der Waals surface area contributed by atoms with Crippen molar-refractivity contribution in [3.8, 4) is 11.5 Å². The van der Waals surface area contributed by atoms with Crippen LogP contribution in [0.4, 0.5) is 18.0 Å². The average molecular weight is 580 g/mol. The summed E-state index contributed by atoms with van der Waals surface area (Å²) in [4.78, 5) is 14.0. The van der Waals surface area contributed by atoms with Crippen molar-refractivity contribution >= 4 is 30.3 Å². The Morgan fingerprint density at radius 3 is 2.13 bits per heavy atom. The summed E-state index contributed by atoms with van der Waals surface area (Å²) in [7, 11) is -8.20. The molecular formula is C25H36F3NO7SSi. The number of alkyl halides is 3. The van der Waals surface area contributed by atoms with Gasteiger partial charge in [-0.15, -0.1) is 0 Å². The average Bonchev–Trinajstić information content (AvgIpc) is 2.70. The zero-order chi connectivity index (χ0) is 28.9. The van der Waals surface area contributed by atoms with Gasteiger partial charge >= 0.3 is 21.7 Å². The molecule has 0 N–H and O–H groups in total. The van der Waals surface area contributed by atoms with Crippen LogP contribution in [0.2, 0.25) is 18.1 Å². The molecule has 0 unspecified atom stereocenters. The fourth-order valence-electron chi connectivity index (χ4n) is 3.74. The molecule has 0 saturated carbocycles. The Morgan fingerprint density at radius 2 is 1.63 bits per heavy atom. The summed E-state index contributed by atoms with van der Waals surface area (Å²) in [5.41, 5.74) is -7.44. The quantitative estimate of drug-likeness (QED) is 0.230. The maximum atomic E-state index is 13.2. The zero-order valence-corrected chi connectivity index (χ0v) is 24.8. The van der Waals surface area contributed by atoms with Gasteiger partial charge in [0.1, 0.15) is 22.7 Å². The largest absolute Gasteiger partial charge is 0.543 e. The Balaban J connectivity index is 1.97. The second kappa shape index (κ2) is 9.65. The second-order valence-corrected chi connectivity index (χ2v) is 18.4. The summed E-state index contributed by atoms with van der Waals surface area (Å²) in [5.74, 6) is 0.117. The van der Waals surface area contributed by atoms with E-state index < -0.39 is 47.0 Å². The zero-order valence-electron chi connectivity index (χ0n) is 23.0. The Kier molecular flexibility index (Phi) is 7.65. The SMILES string of the molecule is CC(C)(C)OC(=O)N1CCC2(C=C(OS(=O)(=O)C(F)(F)F)c3ccc(O[Si](C)(C)C(C)(C)C)cc3O2)CC1. The number of carbonyl (C=O) groups excluding carboxylic acids is 1. The smallest absolute Gasteiger partial charge is 0.534 e. The third kappa shape index (κ3) is 6.59. The van der Waals surface area contributed by atoms with Gasteiger partial charge in [0.25, 0.3) is 0 Å². The molecule has 2 heterocycles. The number of carbonyl (C=O) groups is 1. The van der Waals surface area contributed by atoms with Crippen LogP contribution in [0.5, 0.6) is 11.5 Å². The highest BCUT2D eigenvalue weighted by Gasteiger charge is 2.50. The molecule has 2 aliphatic rings. The standard InChI is InChI=1S/C25H36F3NO7SSi/c1-22(2,3)34-21(30)29-13-11-24(12-14-29)16-20(35-37(31,32)25(26,27)28)18-10-9-17(15-19(18)33-24)36-38(7,8)23(4,5)6/h9-10,15-16H,11-14H2,1-8H3. The first kappa shape index (κ1) is 30.1. The number of amides is 1. The summed E-state index contributed by atoms with van der Waals surface area (Å²) in [6.45, 7) is 15.9. The van der Waals surface area contributed by atoms with Crippen molar-refractivity contribution in [3.05, 3.63) is 29.8 Å². The predicted octanol–water partition coefficient (Wildman–Crippen LogP) is 6.44. The Morgan fingerprint density at radius 1 is 1.05 bits per heavy atom. The van der Waals surface area contributed by atoms with Gasteiger partial charge in [-0.05, 0) is 51.0 Å². The summed E-state index contributed by atoms with van der Waals surface area (Å²) in [6, 6.07) is 4.54. The van der Waals surface area contributed by atoms with Crippen LogP contribution in [-0.2, 0) is 19.0 Å². The lowest BCUT2D eigenvalue weighted by atomic mass is 9.87. The Hall–Kier alpha value is -2.41. The lowest BCUT2D eigenvalue weighted by Crippen LogP contribution is -2.50. The van der Waals surface area contributed by atoms with E-state index in [1.54, 1.807) is 32.9 Å². The van der Waals surface area contributed by atoms with Crippen LogP contribution >= 0.6 is 0 Å². The lowest BCUT2D eigenvalue weighted by molar-refractivity contribution is -0.0512. The van der Waals surface area contributed by atoms with Gasteiger partial charge in [-0.2, -0.15) is 21.6 Å². The van der Waals surface area contributed by atoms with Crippen LogP contribution < -0.4 is 9.16 Å². The van der Waals surface area contributed by atoms with Crippen LogP contribution in [0.25, 0.3) is 5.76 Å². The topological polar surface area (TPSA) is 91.4 Å². The fourth-order valence-corrected chi connectivity index (χ4v) is 5.23. The molecule has 0 aromatic heterocycles. The molecule has 0 atom stereocenters. The highest BCUT2D eigenvalue weighted by Crippen LogP contribution is 2.46. The number of rotatable bonds is 4. The first-order valence-corrected chi connectivity index (χ1v) is 16.6. The van der Waals surface area contributed by atoms with E-state index in [0.29, 0.717) is 5.75 Å². The van der Waals surface area contributed by atoms with Crippen molar-refractivity contribution in [3.63, 3.8) is 0 Å². The second-order valence-electron chi connectivity index (χ2n) is 12.1. The van der Waals surface area contributed by atoms with Gasteiger partial charge < -0.3 is 23.0 Å². The van der Waals surface area contributed by atoms with Gasteiger partial charge in [-0.1, -0.05) is 20.8 Å². The van der Waals surface area contributed by atoms with E-state index in [0.717, 1.165) is 0 Å². The number of benzene rings is 1. The van der Waals surface area contributed by atoms with E-state index >= 15 is 0 Å². The molecule has 13 heteroatoms. The van der Waals surface area contributed by atoms with E-state index in [1.165, 1.54) is 17.0 Å².